The van der Waals surface area contributed by atoms with Gasteiger partial charge in [-0.15, -0.1) is 0 Å². The van der Waals surface area contributed by atoms with Crippen molar-refractivity contribution in [3.63, 3.8) is 0 Å². The Hall–Kier alpha value is -2.94. The van der Waals surface area contributed by atoms with Crippen molar-refractivity contribution >= 4 is 16.5 Å². The van der Waals surface area contributed by atoms with Gasteiger partial charge in [0, 0.05) is 5.57 Å². The molecular weight excluding hydrogens is 334 g/mol. The molecule has 0 spiro atoms. The first kappa shape index (κ1) is 17.5. The topological polar surface area (TPSA) is 32.7 Å². The van der Waals surface area contributed by atoms with Gasteiger partial charge in [-0.1, -0.05) is 61.9 Å². The van der Waals surface area contributed by atoms with E-state index < -0.39 is 0 Å². The Balaban J connectivity index is 1.80. The maximum absolute atomic E-state index is 10.9. The standard InChI is InChI=1S/C24H25NO2/c1-3-4-11-20-23(19-15-14-17-9-5-6-10-18(17)16-19)25(24(20)26)21-12-7-8-13-22(21)27-2/h5-10,12-16,23,26H,3-4,11H2,1-2H3. The molecule has 3 aromatic carbocycles. The van der Waals surface area contributed by atoms with Crippen molar-refractivity contribution in [2.75, 3.05) is 12.0 Å². The van der Waals surface area contributed by atoms with E-state index in [0.29, 0.717) is 5.88 Å². The summed E-state index contributed by atoms with van der Waals surface area (Å²) in [7, 11) is 1.67. The molecular formula is C24H25NO2. The third-order valence-electron chi connectivity index (χ3n) is 5.34. The van der Waals surface area contributed by atoms with Gasteiger partial charge in [0.25, 0.3) is 0 Å². The van der Waals surface area contributed by atoms with Crippen LogP contribution in [-0.2, 0) is 0 Å². The first-order chi connectivity index (χ1) is 13.2. The molecule has 1 atom stereocenters. The number of nitrogens with zero attached hydrogens (tertiary/aromatic N) is 1. The summed E-state index contributed by atoms with van der Waals surface area (Å²) in [6, 6.07) is 22.9. The lowest BCUT2D eigenvalue weighted by Crippen LogP contribution is -2.40. The van der Waals surface area contributed by atoms with E-state index in [0.717, 1.165) is 36.3 Å². The molecule has 0 bridgehead atoms. The number of benzene rings is 3. The molecule has 1 aliphatic heterocycles. The van der Waals surface area contributed by atoms with Crippen LogP contribution in [0.4, 0.5) is 5.69 Å². The van der Waals surface area contributed by atoms with Crippen LogP contribution in [0.5, 0.6) is 5.75 Å². The zero-order chi connectivity index (χ0) is 18.8. The van der Waals surface area contributed by atoms with Gasteiger partial charge < -0.3 is 9.84 Å². The number of aliphatic hydroxyl groups is 1. The summed E-state index contributed by atoms with van der Waals surface area (Å²) in [6.07, 6.45) is 3.09. The van der Waals surface area contributed by atoms with Crippen LogP contribution in [0.3, 0.4) is 0 Å². The Morgan fingerprint density at radius 2 is 1.70 bits per heavy atom. The summed E-state index contributed by atoms with van der Waals surface area (Å²) in [5, 5.41) is 13.3. The van der Waals surface area contributed by atoms with E-state index in [1.54, 1.807) is 7.11 Å². The van der Waals surface area contributed by atoms with Crippen LogP contribution in [-0.4, -0.2) is 12.2 Å². The smallest absolute Gasteiger partial charge is 0.193 e. The van der Waals surface area contributed by atoms with Crippen LogP contribution in [0.25, 0.3) is 10.8 Å². The van der Waals surface area contributed by atoms with E-state index in [1.807, 2.05) is 29.2 Å². The molecule has 1 heterocycles. The van der Waals surface area contributed by atoms with Gasteiger partial charge in [-0.05, 0) is 47.4 Å². The third kappa shape index (κ3) is 3.03. The molecule has 1 N–H and O–H groups in total. The molecule has 1 unspecified atom stereocenters. The van der Waals surface area contributed by atoms with Gasteiger partial charge in [-0.3, -0.25) is 4.90 Å². The van der Waals surface area contributed by atoms with E-state index in [4.69, 9.17) is 4.74 Å². The molecule has 27 heavy (non-hydrogen) atoms. The molecule has 138 valence electrons. The maximum atomic E-state index is 10.9. The monoisotopic (exact) mass is 359 g/mol. The molecule has 0 saturated heterocycles. The second kappa shape index (κ2) is 7.36. The molecule has 4 rings (SSSR count). The molecule has 3 heteroatoms. The SMILES string of the molecule is CCCCC1=C(O)N(c2ccccc2OC)C1c1ccc2ccccc2c1. The van der Waals surface area contributed by atoms with Gasteiger partial charge in [-0.25, -0.2) is 0 Å². The second-order valence-electron chi connectivity index (χ2n) is 7.00. The molecule has 0 aliphatic carbocycles. The maximum Gasteiger partial charge on any atom is 0.193 e. The van der Waals surface area contributed by atoms with Crippen LogP contribution in [0.2, 0.25) is 0 Å². The predicted molar refractivity (Wildman–Crippen MR) is 111 cm³/mol. The van der Waals surface area contributed by atoms with E-state index in [9.17, 15) is 5.11 Å². The van der Waals surface area contributed by atoms with Gasteiger partial charge in [0.2, 0.25) is 0 Å². The van der Waals surface area contributed by atoms with Crippen molar-refractivity contribution in [2.45, 2.75) is 32.2 Å². The Bertz CT molecular complexity index is 992. The zero-order valence-electron chi connectivity index (χ0n) is 15.9. The molecule has 0 aromatic heterocycles. The minimum absolute atomic E-state index is 0.0393. The molecule has 1 aliphatic rings. The van der Waals surface area contributed by atoms with Crippen molar-refractivity contribution in [3.05, 3.63) is 83.7 Å². The Morgan fingerprint density at radius 1 is 0.963 bits per heavy atom. The second-order valence-corrected chi connectivity index (χ2v) is 7.00. The highest BCUT2D eigenvalue weighted by Crippen LogP contribution is 2.49. The molecule has 3 nitrogen and oxygen atoms in total. The minimum atomic E-state index is 0.0393. The number of unbranched alkanes of at least 4 members (excludes halogenated alkanes) is 1. The highest BCUT2D eigenvalue weighted by molar-refractivity contribution is 5.84. The number of anilines is 1. The largest absolute Gasteiger partial charge is 0.495 e. The number of ether oxygens (including phenoxy) is 1. The predicted octanol–water partition coefficient (Wildman–Crippen LogP) is 6.37. The summed E-state index contributed by atoms with van der Waals surface area (Å²) >= 11 is 0. The minimum Gasteiger partial charge on any atom is -0.495 e. The normalized spacial score (nSPS) is 16.5. The first-order valence-electron chi connectivity index (χ1n) is 9.57. The van der Waals surface area contributed by atoms with E-state index in [1.165, 1.54) is 16.3 Å². The lowest BCUT2D eigenvalue weighted by Gasteiger charge is -2.44. The van der Waals surface area contributed by atoms with Gasteiger partial charge in [-0.2, -0.15) is 0 Å². The molecule has 0 fully saturated rings. The van der Waals surface area contributed by atoms with E-state index in [-0.39, 0.29) is 6.04 Å². The van der Waals surface area contributed by atoms with Crippen LogP contribution in [0.15, 0.2) is 78.2 Å². The molecule has 0 radical (unpaired) electrons. The summed E-state index contributed by atoms with van der Waals surface area (Å²) < 4.78 is 5.55. The number of hydrogen-bond acceptors (Lipinski definition) is 3. The van der Waals surface area contributed by atoms with Gasteiger partial charge in [0.1, 0.15) is 5.75 Å². The van der Waals surface area contributed by atoms with Gasteiger partial charge in [0.05, 0.1) is 18.8 Å². The highest BCUT2D eigenvalue weighted by atomic mass is 16.5. The average Bonchev–Trinajstić information content (AvgIpc) is 2.72. The molecule has 3 aromatic rings. The third-order valence-corrected chi connectivity index (χ3v) is 5.34. The van der Waals surface area contributed by atoms with Gasteiger partial charge in [0.15, 0.2) is 5.88 Å². The Labute approximate surface area is 160 Å². The van der Waals surface area contributed by atoms with Crippen molar-refractivity contribution in [1.82, 2.24) is 0 Å². The van der Waals surface area contributed by atoms with E-state index >= 15 is 0 Å². The van der Waals surface area contributed by atoms with Crippen molar-refractivity contribution in [3.8, 4) is 5.75 Å². The van der Waals surface area contributed by atoms with Gasteiger partial charge >= 0.3 is 0 Å². The Morgan fingerprint density at radius 3 is 2.48 bits per heavy atom. The summed E-state index contributed by atoms with van der Waals surface area (Å²) in [5.41, 5.74) is 3.21. The average molecular weight is 359 g/mol. The lowest BCUT2D eigenvalue weighted by atomic mass is 9.86. The number of methoxy groups -OCH3 is 1. The summed E-state index contributed by atoms with van der Waals surface area (Å²) in [4.78, 5) is 1.99. The fraction of sp³-hybridized carbons (Fsp3) is 0.250. The number of para-hydroxylation sites is 2. The van der Waals surface area contributed by atoms with Crippen LogP contribution in [0.1, 0.15) is 37.8 Å². The Kier molecular flexibility index (Phi) is 4.76. The number of aliphatic hydroxyl groups excluding tert-OH is 1. The molecule has 0 saturated carbocycles. The zero-order valence-corrected chi connectivity index (χ0v) is 15.9. The summed E-state index contributed by atoms with van der Waals surface area (Å²) in [6.45, 7) is 2.18. The van der Waals surface area contributed by atoms with Crippen LogP contribution < -0.4 is 9.64 Å². The van der Waals surface area contributed by atoms with Crippen molar-refractivity contribution < 1.29 is 9.84 Å². The fourth-order valence-electron chi connectivity index (χ4n) is 3.91. The number of rotatable bonds is 6. The number of fused-ring (bicyclic) bond motifs is 1. The van der Waals surface area contributed by atoms with Crippen molar-refractivity contribution in [1.29, 1.82) is 0 Å². The highest BCUT2D eigenvalue weighted by Gasteiger charge is 2.40. The van der Waals surface area contributed by atoms with Crippen LogP contribution >= 0.6 is 0 Å². The van der Waals surface area contributed by atoms with E-state index in [2.05, 4.69) is 49.4 Å². The first-order valence-corrected chi connectivity index (χ1v) is 9.57. The number of hydrogen-bond donors (Lipinski definition) is 1. The quantitative estimate of drug-likeness (QED) is 0.555. The fourth-order valence-corrected chi connectivity index (χ4v) is 3.91. The van der Waals surface area contributed by atoms with Crippen LogP contribution in [0, 0.1) is 0 Å². The summed E-state index contributed by atoms with van der Waals surface area (Å²) in [5.74, 6) is 1.13. The lowest BCUT2D eigenvalue weighted by molar-refractivity contribution is 0.323. The van der Waals surface area contributed by atoms with Crippen molar-refractivity contribution in [2.24, 2.45) is 0 Å². The molecule has 0 amide bonds.